The largest absolute Gasteiger partial charge is 1.00 e. The molecular weight excluding hydrogens is 191 g/mol. The zero-order valence-corrected chi connectivity index (χ0v) is 10.4. The van der Waals surface area contributed by atoms with Crippen LogP contribution in [-0.4, -0.2) is 6.98 Å². The summed E-state index contributed by atoms with van der Waals surface area (Å²) in [4.78, 5) is 0. The second-order valence-corrected chi connectivity index (χ2v) is 3.13. The zero-order chi connectivity index (χ0) is 8.48. The number of allylic oxidation sites excluding steroid dienone is 1. The van der Waals surface area contributed by atoms with Crippen molar-refractivity contribution in [2.75, 3.05) is 0 Å². The van der Waals surface area contributed by atoms with E-state index in [1.54, 1.807) is 0 Å². The summed E-state index contributed by atoms with van der Waals surface area (Å²) >= 11 is 0. The summed E-state index contributed by atoms with van der Waals surface area (Å²) in [6.45, 7) is -1.67. The van der Waals surface area contributed by atoms with E-state index in [1.807, 2.05) is 0 Å². The van der Waals surface area contributed by atoms with Gasteiger partial charge in [-0.3, -0.25) is 0 Å². The number of hydrogen-bond donors (Lipinski definition) is 0. The normalized spacial score (nSPS) is 18.9. The average molecular weight is 202 g/mol. The summed E-state index contributed by atoms with van der Waals surface area (Å²) in [5.41, 5.74) is -0.470. The van der Waals surface area contributed by atoms with Crippen molar-refractivity contribution >= 4 is 6.98 Å². The number of halogens is 3. The van der Waals surface area contributed by atoms with Crippen molar-refractivity contribution in [1.29, 1.82) is 0 Å². The summed E-state index contributed by atoms with van der Waals surface area (Å²) in [6.07, 6.45) is 3.21. The predicted octanol–water partition coefficient (Wildman–Crippen LogP) is 0.123. The van der Waals surface area contributed by atoms with Crippen molar-refractivity contribution in [3.8, 4) is 0 Å². The molecule has 0 N–H and O–H groups in total. The maximum Gasteiger partial charge on any atom is 1.00 e. The van der Waals surface area contributed by atoms with Gasteiger partial charge in [0.05, 0.1) is 0 Å². The molecule has 0 nitrogen and oxygen atoms in total. The zero-order valence-electron chi connectivity index (χ0n) is 7.32. The Morgan fingerprint density at radius 3 is 1.92 bits per heavy atom. The van der Waals surface area contributed by atoms with Gasteiger partial charge in [-0.05, 0) is 18.8 Å². The van der Waals surface area contributed by atoms with Gasteiger partial charge in [0.25, 0.3) is 0 Å². The second kappa shape index (κ2) is 5.20. The minimum atomic E-state index is -4.78. The van der Waals surface area contributed by atoms with Gasteiger partial charge >= 0.3 is 58.4 Å². The summed E-state index contributed by atoms with van der Waals surface area (Å²) in [7, 11) is 0. The molecular formula is C7H11BF3K. The molecule has 0 aromatic carbocycles. The van der Waals surface area contributed by atoms with E-state index < -0.39 is 12.4 Å². The standard InChI is InChI=1S/C7H11BF3.K/c1-6(8(9,10)11)7-4-2-3-5-7;/h7H,1-5H2;/q-1;+1. The molecule has 0 aliphatic heterocycles. The van der Waals surface area contributed by atoms with E-state index in [1.165, 1.54) is 0 Å². The van der Waals surface area contributed by atoms with Gasteiger partial charge in [0.2, 0.25) is 0 Å². The maximum atomic E-state index is 12.1. The average Bonchev–Trinajstić information content (AvgIpc) is 2.34. The molecule has 12 heavy (non-hydrogen) atoms. The van der Waals surface area contributed by atoms with Gasteiger partial charge in [-0.1, -0.05) is 12.8 Å². The smallest absolute Gasteiger partial charge is 0.445 e. The Kier molecular flexibility index (Phi) is 5.73. The Bertz CT molecular complexity index is 161. The Morgan fingerprint density at radius 1 is 1.17 bits per heavy atom. The van der Waals surface area contributed by atoms with Crippen LogP contribution in [0.1, 0.15) is 25.7 Å². The fourth-order valence-corrected chi connectivity index (χ4v) is 1.56. The molecule has 1 rings (SSSR count). The molecule has 64 valence electrons. The van der Waals surface area contributed by atoms with E-state index in [9.17, 15) is 12.9 Å². The molecule has 0 saturated heterocycles. The van der Waals surface area contributed by atoms with Crippen LogP contribution >= 0.6 is 0 Å². The van der Waals surface area contributed by atoms with E-state index in [4.69, 9.17) is 0 Å². The first-order valence-electron chi connectivity index (χ1n) is 3.90. The van der Waals surface area contributed by atoms with E-state index in [0.29, 0.717) is 12.8 Å². The fraction of sp³-hybridized carbons (Fsp3) is 0.714. The third-order valence-corrected chi connectivity index (χ3v) is 2.30. The first-order valence-corrected chi connectivity index (χ1v) is 3.90. The van der Waals surface area contributed by atoms with Gasteiger partial charge in [-0.25, -0.2) is 0 Å². The summed E-state index contributed by atoms with van der Waals surface area (Å²) in [5.74, 6) is -0.269. The van der Waals surface area contributed by atoms with E-state index in [-0.39, 0.29) is 57.3 Å². The molecule has 0 aromatic heterocycles. The first kappa shape index (κ1) is 13.2. The second-order valence-electron chi connectivity index (χ2n) is 3.13. The van der Waals surface area contributed by atoms with Crippen molar-refractivity contribution in [2.45, 2.75) is 25.7 Å². The van der Waals surface area contributed by atoms with Crippen LogP contribution in [0.3, 0.4) is 0 Å². The fourth-order valence-electron chi connectivity index (χ4n) is 1.56. The Balaban J connectivity index is 0.00000121. The third-order valence-electron chi connectivity index (χ3n) is 2.30. The molecule has 1 fully saturated rings. The van der Waals surface area contributed by atoms with Crippen LogP contribution in [-0.2, 0) is 0 Å². The van der Waals surface area contributed by atoms with Crippen LogP contribution < -0.4 is 51.4 Å². The molecule has 0 atom stereocenters. The maximum absolute atomic E-state index is 12.1. The number of rotatable bonds is 2. The van der Waals surface area contributed by atoms with Crippen LogP contribution in [0.2, 0.25) is 0 Å². The molecule has 0 unspecified atom stereocenters. The first-order chi connectivity index (χ1) is 5.02. The summed E-state index contributed by atoms with van der Waals surface area (Å²) in [6, 6.07) is 0. The molecule has 0 amide bonds. The SMILES string of the molecule is C=C(C1CCCC1)[B-](F)(F)F.[K+]. The van der Waals surface area contributed by atoms with Crippen LogP contribution in [0.4, 0.5) is 12.9 Å². The quantitative estimate of drug-likeness (QED) is 0.558. The van der Waals surface area contributed by atoms with E-state index in [0.717, 1.165) is 12.8 Å². The summed E-state index contributed by atoms with van der Waals surface area (Å²) < 4.78 is 36.2. The number of hydrogen-bond acceptors (Lipinski definition) is 0. The molecule has 1 aliphatic carbocycles. The predicted molar refractivity (Wildman–Crippen MR) is 40.2 cm³/mol. The Hall–Kier alpha value is 1.23. The molecule has 0 spiro atoms. The van der Waals surface area contributed by atoms with Crippen LogP contribution in [0.25, 0.3) is 0 Å². The monoisotopic (exact) mass is 202 g/mol. The van der Waals surface area contributed by atoms with Gasteiger partial charge in [-0.15, -0.1) is 12.1 Å². The van der Waals surface area contributed by atoms with Gasteiger partial charge < -0.3 is 12.9 Å². The van der Waals surface area contributed by atoms with Crippen molar-refractivity contribution in [3.63, 3.8) is 0 Å². The van der Waals surface area contributed by atoms with Crippen molar-refractivity contribution in [1.82, 2.24) is 0 Å². The van der Waals surface area contributed by atoms with Gasteiger partial charge in [0.15, 0.2) is 0 Å². The molecule has 0 radical (unpaired) electrons. The Morgan fingerprint density at radius 2 is 1.58 bits per heavy atom. The summed E-state index contributed by atoms with van der Waals surface area (Å²) in [5, 5.41) is 0. The van der Waals surface area contributed by atoms with E-state index >= 15 is 0 Å². The molecule has 1 saturated carbocycles. The Labute approximate surface area is 113 Å². The topological polar surface area (TPSA) is 0 Å². The van der Waals surface area contributed by atoms with Gasteiger partial charge in [0.1, 0.15) is 0 Å². The molecule has 0 aromatic rings. The van der Waals surface area contributed by atoms with Crippen LogP contribution in [0.5, 0.6) is 0 Å². The minimum Gasteiger partial charge on any atom is -0.445 e. The van der Waals surface area contributed by atoms with Crippen LogP contribution in [0.15, 0.2) is 12.1 Å². The molecule has 1 aliphatic rings. The molecule has 0 heterocycles. The van der Waals surface area contributed by atoms with Gasteiger partial charge in [-0.2, -0.15) is 0 Å². The van der Waals surface area contributed by atoms with Crippen molar-refractivity contribution in [2.24, 2.45) is 5.92 Å². The van der Waals surface area contributed by atoms with E-state index in [2.05, 4.69) is 6.58 Å². The minimum absolute atomic E-state index is 0. The molecule has 5 heteroatoms. The van der Waals surface area contributed by atoms with Crippen molar-refractivity contribution in [3.05, 3.63) is 12.1 Å². The van der Waals surface area contributed by atoms with Crippen LogP contribution in [0, 0.1) is 5.92 Å². The third kappa shape index (κ3) is 3.54. The van der Waals surface area contributed by atoms with Gasteiger partial charge in [0, 0.05) is 0 Å². The molecule has 0 bridgehead atoms. The van der Waals surface area contributed by atoms with Crippen molar-refractivity contribution < 1.29 is 64.3 Å².